The van der Waals surface area contributed by atoms with Crippen LogP contribution in [0.25, 0.3) is 0 Å². The number of hydrogen-bond acceptors (Lipinski definition) is 5. The maximum Gasteiger partial charge on any atom is 0.289 e. The molecule has 3 aromatic carbocycles. The summed E-state index contributed by atoms with van der Waals surface area (Å²) in [6.45, 7) is 3.23. The highest BCUT2D eigenvalue weighted by Gasteiger charge is 2.29. The Kier molecular flexibility index (Phi) is 6.81. The lowest BCUT2D eigenvalue weighted by atomic mass is 10.1. The number of carbonyl (C=O) groups excluding carboxylic acids is 1. The summed E-state index contributed by atoms with van der Waals surface area (Å²) in [6, 6.07) is 16.7. The molecule has 0 aromatic heterocycles. The van der Waals surface area contributed by atoms with E-state index in [-0.39, 0.29) is 15.6 Å². The molecule has 0 spiro atoms. The lowest BCUT2D eigenvalue weighted by Gasteiger charge is -2.24. The predicted octanol–water partition coefficient (Wildman–Crippen LogP) is 4.70. The van der Waals surface area contributed by atoms with Gasteiger partial charge in [0, 0.05) is 11.8 Å². The highest BCUT2D eigenvalue weighted by molar-refractivity contribution is 7.92. The predicted molar refractivity (Wildman–Crippen MR) is 124 cm³/mol. The standard InChI is InChI=1S/C22H20ClN3O5S/c1-15-8-11-20(16(2)12-15)24-22(27)14-25(17-6-4-3-5-7-17)32(30,31)18-9-10-19(23)21(13-18)26(28)29/h3-13H,14H2,1-2H3,(H,24,27). The number of rotatable bonds is 7. The van der Waals surface area contributed by atoms with E-state index in [0.29, 0.717) is 5.69 Å². The lowest BCUT2D eigenvalue weighted by molar-refractivity contribution is -0.384. The summed E-state index contributed by atoms with van der Waals surface area (Å²) in [7, 11) is -4.32. The number of nitrogens with zero attached hydrogens (tertiary/aromatic N) is 2. The van der Waals surface area contributed by atoms with Crippen molar-refractivity contribution in [1.29, 1.82) is 0 Å². The first-order chi connectivity index (χ1) is 15.1. The average Bonchev–Trinajstić information content (AvgIpc) is 2.74. The van der Waals surface area contributed by atoms with E-state index in [1.807, 2.05) is 26.0 Å². The summed E-state index contributed by atoms with van der Waals surface area (Å²) in [5.74, 6) is -0.562. The number of hydrogen-bond donors (Lipinski definition) is 1. The van der Waals surface area contributed by atoms with Crippen LogP contribution in [0.5, 0.6) is 0 Å². The van der Waals surface area contributed by atoms with Crippen LogP contribution < -0.4 is 9.62 Å². The minimum absolute atomic E-state index is 0.187. The number of carbonyl (C=O) groups is 1. The third-order valence-electron chi connectivity index (χ3n) is 4.69. The number of anilines is 2. The van der Waals surface area contributed by atoms with Crippen LogP contribution in [0.15, 0.2) is 71.6 Å². The minimum Gasteiger partial charge on any atom is -0.324 e. The summed E-state index contributed by atoms with van der Waals surface area (Å²) in [5, 5.41) is 13.8. The Balaban J connectivity index is 1.99. The van der Waals surface area contributed by atoms with E-state index in [1.54, 1.807) is 24.3 Å². The van der Waals surface area contributed by atoms with Crippen molar-refractivity contribution in [1.82, 2.24) is 0 Å². The molecule has 0 aliphatic carbocycles. The SMILES string of the molecule is Cc1ccc(NC(=O)CN(c2ccccc2)S(=O)(=O)c2ccc(Cl)c([N+](=O)[O-])c2)c(C)c1. The van der Waals surface area contributed by atoms with E-state index in [2.05, 4.69) is 5.32 Å². The van der Waals surface area contributed by atoms with Crippen molar-refractivity contribution in [2.45, 2.75) is 18.7 Å². The second-order valence-electron chi connectivity index (χ2n) is 7.08. The molecule has 10 heteroatoms. The third kappa shape index (κ3) is 5.06. The molecule has 0 bridgehead atoms. The Morgan fingerprint density at radius 1 is 1.06 bits per heavy atom. The normalized spacial score (nSPS) is 11.1. The van der Waals surface area contributed by atoms with Gasteiger partial charge in [-0.25, -0.2) is 8.42 Å². The van der Waals surface area contributed by atoms with Crippen LogP contribution in [-0.2, 0) is 14.8 Å². The molecule has 0 radical (unpaired) electrons. The zero-order valence-electron chi connectivity index (χ0n) is 17.3. The van der Waals surface area contributed by atoms with Gasteiger partial charge >= 0.3 is 0 Å². The van der Waals surface area contributed by atoms with Gasteiger partial charge in [-0.05, 0) is 49.7 Å². The molecule has 8 nitrogen and oxygen atoms in total. The molecule has 1 amide bonds. The Hall–Kier alpha value is -3.43. The quantitative estimate of drug-likeness (QED) is 0.395. The lowest BCUT2D eigenvalue weighted by Crippen LogP contribution is -2.38. The van der Waals surface area contributed by atoms with Crippen LogP contribution >= 0.6 is 11.6 Å². The van der Waals surface area contributed by atoms with Gasteiger partial charge in [-0.1, -0.05) is 47.5 Å². The van der Waals surface area contributed by atoms with Crippen molar-refractivity contribution in [2.24, 2.45) is 0 Å². The molecular weight excluding hydrogens is 454 g/mol. The zero-order valence-corrected chi connectivity index (χ0v) is 18.9. The van der Waals surface area contributed by atoms with E-state index in [0.717, 1.165) is 27.6 Å². The summed E-state index contributed by atoms with van der Waals surface area (Å²) in [5.41, 5.74) is 2.12. The molecule has 1 N–H and O–H groups in total. The average molecular weight is 474 g/mol. The number of sulfonamides is 1. The van der Waals surface area contributed by atoms with Gasteiger partial charge in [0.15, 0.2) is 0 Å². The molecule has 166 valence electrons. The highest BCUT2D eigenvalue weighted by atomic mass is 35.5. The van der Waals surface area contributed by atoms with Gasteiger partial charge in [-0.2, -0.15) is 0 Å². The molecule has 0 saturated carbocycles. The summed E-state index contributed by atoms with van der Waals surface area (Å²) < 4.78 is 27.7. The molecule has 0 aliphatic rings. The monoisotopic (exact) mass is 473 g/mol. The number of nitro groups is 1. The van der Waals surface area contributed by atoms with Crippen LogP contribution in [0.4, 0.5) is 17.1 Å². The van der Waals surface area contributed by atoms with Gasteiger partial charge in [-0.15, -0.1) is 0 Å². The van der Waals surface area contributed by atoms with E-state index in [9.17, 15) is 23.3 Å². The zero-order chi connectivity index (χ0) is 23.5. The maximum atomic E-state index is 13.4. The Morgan fingerprint density at radius 3 is 2.38 bits per heavy atom. The molecule has 0 unspecified atom stereocenters. The number of nitrogens with one attached hydrogen (secondary N) is 1. The van der Waals surface area contributed by atoms with Gasteiger partial charge in [0.05, 0.1) is 15.5 Å². The highest BCUT2D eigenvalue weighted by Crippen LogP contribution is 2.30. The van der Waals surface area contributed by atoms with E-state index in [4.69, 9.17) is 11.6 Å². The summed E-state index contributed by atoms with van der Waals surface area (Å²) in [6.07, 6.45) is 0. The molecular formula is C22H20ClN3O5S. The van der Waals surface area contributed by atoms with E-state index < -0.39 is 33.1 Å². The minimum atomic E-state index is -4.32. The van der Waals surface area contributed by atoms with Crippen molar-refractivity contribution in [2.75, 3.05) is 16.2 Å². The second kappa shape index (κ2) is 9.37. The smallest absolute Gasteiger partial charge is 0.289 e. The van der Waals surface area contributed by atoms with Crippen molar-refractivity contribution in [3.63, 3.8) is 0 Å². The Labute approximate surface area is 190 Å². The molecule has 0 atom stereocenters. The number of amides is 1. The van der Waals surface area contributed by atoms with E-state index >= 15 is 0 Å². The van der Waals surface area contributed by atoms with Gasteiger partial charge < -0.3 is 5.32 Å². The molecule has 0 saturated heterocycles. The van der Waals surface area contributed by atoms with Crippen LogP contribution in [0.1, 0.15) is 11.1 Å². The molecule has 0 heterocycles. The number of para-hydroxylation sites is 1. The van der Waals surface area contributed by atoms with E-state index in [1.165, 1.54) is 18.2 Å². The number of nitro benzene ring substituents is 1. The largest absolute Gasteiger partial charge is 0.324 e. The first kappa shape index (κ1) is 23.2. The van der Waals surface area contributed by atoms with Crippen molar-refractivity contribution < 1.29 is 18.1 Å². The van der Waals surface area contributed by atoms with Crippen LogP contribution in [0.2, 0.25) is 5.02 Å². The van der Waals surface area contributed by atoms with Gasteiger partial charge in [0.1, 0.15) is 11.6 Å². The third-order valence-corrected chi connectivity index (χ3v) is 6.78. The molecule has 3 aromatic rings. The second-order valence-corrected chi connectivity index (χ2v) is 9.35. The van der Waals surface area contributed by atoms with Crippen LogP contribution in [0, 0.1) is 24.0 Å². The van der Waals surface area contributed by atoms with Crippen LogP contribution in [-0.4, -0.2) is 25.8 Å². The van der Waals surface area contributed by atoms with Gasteiger partial charge in [0.2, 0.25) is 5.91 Å². The van der Waals surface area contributed by atoms with Crippen molar-refractivity contribution >= 4 is 44.6 Å². The molecule has 0 fully saturated rings. The fraction of sp³-hybridized carbons (Fsp3) is 0.136. The number of aryl methyl sites for hydroxylation is 2. The molecule has 32 heavy (non-hydrogen) atoms. The fourth-order valence-electron chi connectivity index (χ4n) is 3.10. The number of halogens is 1. The van der Waals surface area contributed by atoms with Gasteiger partial charge in [-0.3, -0.25) is 19.2 Å². The van der Waals surface area contributed by atoms with Crippen LogP contribution in [0.3, 0.4) is 0 Å². The first-order valence-electron chi connectivity index (χ1n) is 9.48. The Bertz CT molecular complexity index is 1280. The van der Waals surface area contributed by atoms with Crippen molar-refractivity contribution in [3.8, 4) is 0 Å². The van der Waals surface area contributed by atoms with Gasteiger partial charge in [0.25, 0.3) is 15.7 Å². The first-order valence-corrected chi connectivity index (χ1v) is 11.3. The van der Waals surface area contributed by atoms with Crippen molar-refractivity contribution in [3.05, 3.63) is 93.0 Å². The number of benzene rings is 3. The fourth-order valence-corrected chi connectivity index (χ4v) is 4.73. The maximum absolute atomic E-state index is 13.4. The molecule has 0 aliphatic heterocycles. The summed E-state index contributed by atoms with van der Waals surface area (Å²) >= 11 is 5.82. The summed E-state index contributed by atoms with van der Waals surface area (Å²) in [4.78, 5) is 22.9. The Morgan fingerprint density at radius 2 is 1.75 bits per heavy atom. The topological polar surface area (TPSA) is 110 Å². The molecule has 3 rings (SSSR count).